The van der Waals surface area contributed by atoms with Crippen molar-refractivity contribution in [2.45, 2.75) is 20.6 Å². The summed E-state index contributed by atoms with van der Waals surface area (Å²) in [7, 11) is 0. The van der Waals surface area contributed by atoms with Gasteiger partial charge in [-0.05, 0) is 31.6 Å². The number of carbonyl (C=O) groups is 1. The smallest absolute Gasteiger partial charge is 0.252 e. The lowest BCUT2D eigenvalue weighted by atomic mass is 10.1. The highest BCUT2D eigenvalue weighted by molar-refractivity contribution is 6.19. The number of aliphatic hydroxyl groups excluding tert-OH is 1. The fourth-order valence-electron chi connectivity index (χ4n) is 1.92. The molecule has 0 saturated carbocycles. The van der Waals surface area contributed by atoms with Crippen LogP contribution in [0.15, 0.2) is 30.5 Å². The quantitative estimate of drug-likeness (QED) is 0.540. The van der Waals surface area contributed by atoms with E-state index in [2.05, 4.69) is 18.1 Å². The standard InChI is InChI=1S/C15H20N4O2/c1-5-7-12-11(6-2)18-15(19(12)8-20)13(14(17)21)9(3)10(4)16/h5-7,20H,2,4,8,16H2,1,3H3,(H2,17,21)/b7-5-,13-9-. The van der Waals surface area contributed by atoms with Gasteiger partial charge < -0.3 is 16.6 Å². The number of nitrogens with two attached hydrogens (primary N) is 2. The Bertz CT molecular complexity index is 651. The van der Waals surface area contributed by atoms with Crippen molar-refractivity contribution in [3.63, 3.8) is 0 Å². The monoisotopic (exact) mass is 288 g/mol. The van der Waals surface area contributed by atoms with Crippen molar-refractivity contribution in [2.75, 3.05) is 0 Å². The first kappa shape index (κ1) is 16.5. The Morgan fingerprint density at radius 1 is 1.48 bits per heavy atom. The van der Waals surface area contributed by atoms with Crippen molar-refractivity contribution in [3.05, 3.63) is 47.7 Å². The summed E-state index contributed by atoms with van der Waals surface area (Å²) in [5.41, 5.74) is 13.0. The van der Waals surface area contributed by atoms with E-state index in [1.54, 1.807) is 19.1 Å². The van der Waals surface area contributed by atoms with Gasteiger partial charge in [-0.1, -0.05) is 19.2 Å². The minimum Gasteiger partial charge on any atom is -0.399 e. The molecule has 0 aliphatic carbocycles. The fraction of sp³-hybridized carbons (Fsp3) is 0.200. The average molecular weight is 288 g/mol. The number of nitrogens with zero attached hydrogens (tertiary/aromatic N) is 2. The predicted octanol–water partition coefficient (Wildman–Crippen LogP) is 1.24. The van der Waals surface area contributed by atoms with Crippen LogP contribution in [-0.4, -0.2) is 20.6 Å². The number of aliphatic hydroxyl groups is 1. The normalized spacial score (nSPS) is 12.3. The Kier molecular flexibility index (Phi) is 5.26. The Labute approximate surface area is 123 Å². The molecule has 1 rings (SSSR count). The molecule has 0 atom stereocenters. The van der Waals surface area contributed by atoms with E-state index in [0.29, 0.717) is 17.0 Å². The van der Waals surface area contributed by atoms with Crippen LogP contribution in [0.3, 0.4) is 0 Å². The Hall–Kier alpha value is -2.60. The third-order valence-electron chi connectivity index (χ3n) is 3.02. The largest absolute Gasteiger partial charge is 0.399 e. The average Bonchev–Trinajstić information content (AvgIpc) is 2.76. The van der Waals surface area contributed by atoms with Crippen molar-refractivity contribution in [1.29, 1.82) is 0 Å². The predicted molar refractivity (Wildman–Crippen MR) is 84.4 cm³/mol. The van der Waals surface area contributed by atoms with Gasteiger partial charge in [0.05, 0.1) is 17.0 Å². The Balaban J connectivity index is 3.76. The van der Waals surface area contributed by atoms with Crippen molar-refractivity contribution in [1.82, 2.24) is 9.55 Å². The molecule has 0 unspecified atom stereocenters. The number of allylic oxidation sites excluding steroid dienone is 2. The first-order valence-electron chi connectivity index (χ1n) is 6.31. The molecule has 21 heavy (non-hydrogen) atoms. The zero-order chi connectivity index (χ0) is 16.2. The number of imidazole rings is 1. The maximum atomic E-state index is 11.8. The zero-order valence-electron chi connectivity index (χ0n) is 12.3. The lowest BCUT2D eigenvalue weighted by Crippen LogP contribution is -2.19. The highest BCUT2D eigenvalue weighted by Crippen LogP contribution is 2.25. The van der Waals surface area contributed by atoms with E-state index in [-0.39, 0.29) is 23.8 Å². The number of aromatic nitrogens is 2. The summed E-state index contributed by atoms with van der Waals surface area (Å²) in [5.74, 6) is -0.460. The Morgan fingerprint density at radius 2 is 2.10 bits per heavy atom. The number of carbonyl (C=O) groups excluding carboxylic acids is 1. The summed E-state index contributed by atoms with van der Waals surface area (Å²) in [4.78, 5) is 16.1. The number of hydrogen-bond donors (Lipinski definition) is 3. The minimum absolute atomic E-state index is 0.121. The molecule has 0 bridgehead atoms. The summed E-state index contributed by atoms with van der Waals surface area (Å²) in [6, 6.07) is 0. The highest BCUT2D eigenvalue weighted by Gasteiger charge is 2.22. The van der Waals surface area contributed by atoms with Gasteiger partial charge >= 0.3 is 0 Å². The maximum Gasteiger partial charge on any atom is 0.252 e. The first-order chi connectivity index (χ1) is 9.88. The van der Waals surface area contributed by atoms with Crippen LogP contribution in [0.1, 0.15) is 31.1 Å². The van der Waals surface area contributed by atoms with E-state index in [1.807, 2.05) is 6.92 Å². The molecule has 1 amide bonds. The van der Waals surface area contributed by atoms with E-state index in [4.69, 9.17) is 11.5 Å². The molecular formula is C15H20N4O2. The van der Waals surface area contributed by atoms with Crippen LogP contribution in [0.4, 0.5) is 0 Å². The van der Waals surface area contributed by atoms with Crippen LogP contribution < -0.4 is 11.5 Å². The van der Waals surface area contributed by atoms with Crippen molar-refractivity contribution in [3.8, 4) is 0 Å². The van der Waals surface area contributed by atoms with Crippen LogP contribution in [0.5, 0.6) is 0 Å². The second-order valence-corrected chi connectivity index (χ2v) is 4.37. The van der Waals surface area contributed by atoms with Gasteiger partial charge in [-0.25, -0.2) is 4.98 Å². The van der Waals surface area contributed by atoms with Crippen molar-refractivity contribution < 1.29 is 9.90 Å². The van der Waals surface area contributed by atoms with E-state index in [9.17, 15) is 9.90 Å². The molecule has 112 valence electrons. The fourth-order valence-corrected chi connectivity index (χ4v) is 1.92. The van der Waals surface area contributed by atoms with Gasteiger partial charge in [0.25, 0.3) is 5.91 Å². The molecule has 1 heterocycles. The molecule has 6 nitrogen and oxygen atoms in total. The second kappa shape index (κ2) is 6.71. The van der Waals surface area contributed by atoms with Gasteiger partial charge in [-0.2, -0.15) is 0 Å². The number of primary amides is 1. The van der Waals surface area contributed by atoms with Gasteiger partial charge in [-0.3, -0.25) is 9.36 Å². The number of hydrogen-bond acceptors (Lipinski definition) is 4. The lowest BCUT2D eigenvalue weighted by molar-refractivity contribution is -0.112. The van der Waals surface area contributed by atoms with Gasteiger partial charge in [0.2, 0.25) is 0 Å². The van der Waals surface area contributed by atoms with E-state index in [0.717, 1.165) is 0 Å². The molecule has 0 saturated heterocycles. The third kappa shape index (κ3) is 3.11. The van der Waals surface area contributed by atoms with E-state index >= 15 is 0 Å². The molecule has 0 spiro atoms. The lowest BCUT2D eigenvalue weighted by Gasteiger charge is -2.11. The third-order valence-corrected chi connectivity index (χ3v) is 3.02. The highest BCUT2D eigenvalue weighted by atomic mass is 16.3. The summed E-state index contributed by atoms with van der Waals surface area (Å²) in [5, 5.41) is 9.61. The van der Waals surface area contributed by atoms with E-state index in [1.165, 1.54) is 10.6 Å². The minimum atomic E-state index is -0.693. The second-order valence-electron chi connectivity index (χ2n) is 4.37. The zero-order valence-corrected chi connectivity index (χ0v) is 12.3. The van der Waals surface area contributed by atoms with Gasteiger partial charge in [-0.15, -0.1) is 0 Å². The van der Waals surface area contributed by atoms with Gasteiger partial charge in [0.15, 0.2) is 0 Å². The van der Waals surface area contributed by atoms with Crippen LogP contribution in [0.2, 0.25) is 0 Å². The summed E-state index contributed by atoms with van der Waals surface area (Å²) < 4.78 is 1.46. The molecule has 0 fully saturated rings. The molecule has 1 aromatic rings. The molecule has 6 heteroatoms. The van der Waals surface area contributed by atoms with Gasteiger partial charge in [0, 0.05) is 5.70 Å². The van der Waals surface area contributed by atoms with Crippen molar-refractivity contribution in [2.24, 2.45) is 11.5 Å². The van der Waals surface area contributed by atoms with Crippen molar-refractivity contribution >= 4 is 23.6 Å². The Morgan fingerprint density at radius 3 is 2.48 bits per heavy atom. The maximum absolute atomic E-state index is 11.8. The molecule has 1 aromatic heterocycles. The topological polar surface area (TPSA) is 107 Å². The first-order valence-corrected chi connectivity index (χ1v) is 6.31. The van der Waals surface area contributed by atoms with Crippen LogP contribution in [0.25, 0.3) is 17.7 Å². The molecule has 5 N–H and O–H groups in total. The summed E-state index contributed by atoms with van der Waals surface area (Å²) in [6.07, 6.45) is 5.09. The van der Waals surface area contributed by atoms with Gasteiger partial charge in [0.1, 0.15) is 12.6 Å². The van der Waals surface area contributed by atoms with Crippen LogP contribution >= 0.6 is 0 Å². The van der Waals surface area contributed by atoms with Crippen LogP contribution in [-0.2, 0) is 11.5 Å². The van der Waals surface area contributed by atoms with E-state index < -0.39 is 5.91 Å². The summed E-state index contributed by atoms with van der Waals surface area (Å²) >= 11 is 0. The number of rotatable bonds is 6. The molecule has 0 aromatic carbocycles. The molecule has 0 aliphatic heterocycles. The van der Waals surface area contributed by atoms with Crippen LogP contribution in [0, 0.1) is 0 Å². The SMILES string of the molecule is C=Cc1nc(/C(C(N)=O)=C(/C)C(=C)N)n(CO)c1/C=C\C. The molecular weight excluding hydrogens is 268 g/mol. The number of amides is 1. The molecule has 0 radical (unpaired) electrons. The summed E-state index contributed by atoms with van der Waals surface area (Å²) in [6.45, 7) is 10.4. The molecule has 0 aliphatic rings.